The van der Waals surface area contributed by atoms with Crippen LogP contribution in [0, 0.1) is 11.3 Å². The fourth-order valence-electron chi connectivity index (χ4n) is 1.79. The maximum atomic E-state index is 12.4. The van der Waals surface area contributed by atoms with Crippen LogP contribution in [0.4, 0.5) is 23.7 Å². The summed E-state index contributed by atoms with van der Waals surface area (Å²) in [6.45, 7) is -0.311. The number of hydrogen-bond acceptors (Lipinski definition) is 4. The number of ether oxygens (including phenoxy) is 1. The number of nitriles is 1. The van der Waals surface area contributed by atoms with Crippen LogP contribution in [0.5, 0.6) is 5.75 Å². The number of anilines is 1. The Labute approximate surface area is 115 Å². The number of fused-ring (bicyclic) bond motifs is 1. The molecule has 0 radical (unpaired) electrons. The van der Waals surface area contributed by atoms with E-state index in [-0.39, 0.29) is 23.1 Å². The molecule has 21 heavy (non-hydrogen) atoms. The highest BCUT2D eigenvalue weighted by atomic mass is 19.4. The highest BCUT2D eigenvalue weighted by molar-refractivity contribution is 6.00. The largest absolute Gasteiger partial charge is 0.573 e. The molecule has 2 aromatic rings. The second-order valence-corrected chi connectivity index (χ2v) is 3.81. The van der Waals surface area contributed by atoms with Gasteiger partial charge in [-0.05, 0) is 12.1 Å². The van der Waals surface area contributed by atoms with Gasteiger partial charge in [0.1, 0.15) is 12.1 Å². The molecule has 0 bridgehead atoms. The molecule has 0 saturated heterocycles. The molecule has 0 fully saturated rings. The monoisotopic (exact) mass is 300 g/mol. The average molecular weight is 300 g/mol. The van der Waals surface area contributed by atoms with E-state index in [4.69, 9.17) is 10.4 Å². The summed E-state index contributed by atoms with van der Waals surface area (Å²) in [5.41, 5.74) is -0.0867. The van der Waals surface area contributed by atoms with E-state index >= 15 is 0 Å². The van der Waals surface area contributed by atoms with Crippen molar-refractivity contribution in [1.82, 2.24) is 9.78 Å². The van der Waals surface area contributed by atoms with Gasteiger partial charge in [-0.3, -0.25) is 5.32 Å². The van der Waals surface area contributed by atoms with Crippen molar-refractivity contribution in [2.45, 2.75) is 12.9 Å². The summed E-state index contributed by atoms with van der Waals surface area (Å²) in [4.78, 5) is 10.7. The minimum absolute atomic E-state index is 0.0382. The summed E-state index contributed by atoms with van der Waals surface area (Å²) in [6.07, 6.45) is -5.15. The Morgan fingerprint density at radius 1 is 1.52 bits per heavy atom. The first-order valence-electron chi connectivity index (χ1n) is 5.43. The third-order valence-corrected chi connectivity index (χ3v) is 2.45. The van der Waals surface area contributed by atoms with Gasteiger partial charge in [-0.2, -0.15) is 10.4 Å². The van der Waals surface area contributed by atoms with Gasteiger partial charge in [-0.15, -0.1) is 13.2 Å². The number of hydrogen-bond donors (Lipinski definition) is 2. The topological polar surface area (TPSA) is 100 Å². The lowest BCUT2D eigenvalue weighted by Gasteiger charge is -2.12. The standard InChI is InChI=1S/C11H7F3N4O3/c12-11(13,14)21-8-2-1-7(17-10(19)20)6-5-16-18(4-3-15)9(6)8/h1-2,5,17H,4H2,(H,19,20). The lowest BCUT2D eigenvalue weighted by atomic mass is 10.2. The van der Waals surface area contributed by atoms with Crippen LogP contribution < -0.4 is 10.1 Å². The third kappa shape index (κ3) is 3.14. The van der Waals surface area contributed by atoms with Crippen molar-refractivity contribution < 1.29 is 27.8 Å². The SMILES string of the molecule is N#CCn1ncc2c(NC(=O)O)ccc(OC(F)(F)F)c21. The van der Waals surface area contributed by atoms with Gasteiger partial charge in [-0.1, -0.05) is 0 Å². The Morgan fingerprint density at radius 2 is 2.24 bits per heavy atom. The van der Waals surface area contributed by atoms with E-state index in [0.717, 1.165) is 23.0 Å². The minimum atomic E-state index is -4.92. The summed E-state index contributed by atoms with van der Waals surface area (Å²) in [5, 5.41) is 23.2. The number of alkyl halides is 3. The van der Waals surface area contributed by atoms with E-state index in [1.165, 1.54) is 0 Å². The molecular formula is C11H7F3N4O3. The Morgan fingerprint density at radius 3 is 2.81 bits per heavy atom. The Balaban J connectivity index is 2.62. The number of carboxylic acid groups (broad SMARTS) is 1. The van der Waals surface area contributed by atoms with Crippen LogP contribution in [0.15, 0.2) is 18.3 Å². The number of rotatable bonds is 3. The van der Waals surface area contributed by atoms with Crippen LogP contribution in [0.25, 0.3) is 10.9 Å². The van der Waals surface area contributed by atoms with E-state index in [0.29, 0.717) is 0 Å². The molecule has 7 nitrogen and oxygen atoms in total. The lowest BCUT2D eigenvalue weighted by Crippen LogP contribution is -2.18. The number of aromatic nitrogens is 2. The Hall–Kier alpha value is -2.96. The van der Waals surface area contributed by atoms with Gasteiger partial charge in [-0.25, -0.2) is 9.48 Å². The maximum Gasteiger partial charge on any atom is 0.573 e. The van der Waals surface area contributed by atoms with Gasteiger partial charge >= 0.3 is 12.5 Å². The van der Waals surface area contributed by atoms with Crippen LogP contribution in [0.3, 0.4) is 0 Å². The molecule has 0 atom stereocenters. The zero-order chi connectivity index (χ0) is 15.6. The van der Waals surface area contributed by atoms with Crippen LogP contribution in [-0.2, 0) is 6.54 Å². The predicted molar refractivity (Wildman–Crippen MR) is 63.7 cm³/mol. The first-order chi connectivity index (χ1) is 9.81. The van der Waals surface area contributed by atoms with Crippen molar-refractivity contribution in [1.29, 1.82) is 5.26 Å². The molecule has 2 rings (SSSR count). The van der Waals surface area contributed by atoms with E-state index in [2.05, 4.69) is 9.84 Å². The van der Waals surface area contributed by atoms with Crippen LogP contribution >= 0.6 is 0 Å². The molecule has 0 aliphatic heterocycles. The number of nitrogens with one attached hydrogen (secondary N) is 1. The first-order valence-corrected chi connectivity index (χ1v) is 5.43. The quantitative estimate of drug-likeness (QED) is 0.907. The third-order valence-electron chi connectivity index (χ3n) is 2.45. The molecule has 0 saturated carbocycles. The highest BCUT2D eigenvalue weighted by Crippen LogP contribution is 2.34. The van der Waals surface area contributed by atoms with Gasteiger partial charge in [0.15, 0.2) is 5.75 Å². The predicted octanol–water partition coefficient (Wildman–Crippen LogP) is 2.55. The summed E-state index contributed by atoms with van der Waals surface area (Å²) < 4.78 is 42.0. The van der Waals surface area contributed by atoms with Crippen molar-refractivity contribution in [3.63, 3.8) is 0 Å². The summed E-state index contributed by atoms with van der Waals surface area (Å²) >= 11 is 0. The molecule has 0 spiro atoms. The van der Waals surface area contributed by atoms with Crippen molar-refractivity contribution in [3.8, 4) is 11.8 Å². The number of carbonyl (C=O) groups is 1. The zero-order valence-electron chi connectivity index (χ0n) is 10.2. The molecule has 1 aromatic carbocycles. The zero-order valence-corrected chi connectivity index (χ0v) is 10.2. The Bertz CT molecular complexity index is 733. The molecule has 0 unspecified atom stereocenters. The Kier molecular flexibility index (Phi) is 3.58. The second-order valence-electron chi connectivity index (χ2n) is 3.81. The van der Waals surface area contributed by atoms with Crippen molar-refractivity contribution in [2.24, 2.45) is 0 Å². The summed E-state index contributed by atoms with van der Waals surface area (Å²) in [5.74, 6) is -0.568. The second kappa shape index (κ2) is 5.20. The minimum Gasteiger partial charge on any atom is -0.465 e. The van der Waals surface area contributed by atoms with Crippen molar-refractivity contribution >= 4 is 22.7 Å². The van der Waals surface area contributed by atoms with Crippen LogP contribution in [0.2, 0.25) is 0 Å². The van der Waals surface area contributed by atoms with E-state index in [1.807, 2.05) is 5.32 Å². The molecule has 1 heterocycles. The fraction of sp³-hybridized carbons (Fsp3) is 0.182. The molecule has 1 aromatic heterocycles. The number of benzene rings is 1. The maximum absolute atomic E-state index is 12.4. The fourth-order valence-corrected chi connectivity index (χ4v) is 1.79. The van der Waals surface area contributed by atoms with E-state index in [9.17, 15) is 18.0 Å². The number of amides is 1. The van der Waals surface area contributed by atoms with Gasteiger partial charge < -0.3 is 9.84 Å². The smallest absolute Gasteiger partial charge is 0.465 e. The van der Waals surface area contributed by atoms with E-state index in [1.54, 1.807) is 6.07 Å². The molecule has 10 heteroatoms. The number of halogens is 3. The van der Waals surface area contributed by atoms with Crippen molar-refractivity contribution in [3.05, 3.63) is 18.3 Å². The summed E-state index contributed by atoms with van der Waals surface area (Å²) in [6, 6.07) is 3.82. The molecule has 1 amide bonds. The van der Waals surface area contributed by atoms with Gasteiger partial charge in [0.2, 0.25) is 0 Å². The molecule has 2 N–H and O–H groups in total. The van der Waals surface area contributed by atoms with Gasteiger partial charge in [0.25, 0.3) is 0 Å². The number of nitrogens with zero attached hydrogens (tertiary/aromatic N) is 3. The average Bonchev–Trinajstić information content (AvgIpc) is 2.75. The van der Waals surface area contributed by atoms with Crippen LogP contribution in [-0.4, -0.2) is 27.3 Å². The molecule has 110 valence electrons. The molecule has 0 aliphatic carbocycles. The van der Waals surface area contributed by atoms with Crippen LogP contribution in [0.1, 0.15) is 0 Å². The van der Waals surface area contributed by atoms with Gasteiger partial charge in [0, 0.05) is 5.39 Å². The summed E-state index contributed by atoms with van der Waals surface area (Å²) in [7, 11) is 0. The lowest BCUT2D eigenvalue weighted by molar-refractivity contribution is -0.274. The molecule has 0 aliphatic rings. The normalized spacial score (nSPS) is 11.1. The first kappa shape index (κ1) is 14.4. The van der Waals surface area contributed by atoms with Crippen molar-refractivity contribution in [2.75, 3.05) is 5.32 Å². The van der Waals surface area contributed by atoms with Gasteiger partial charge in [0.05, 0.1) is 18.0 Å². The highest BCUT2D eigenvalue weighted by Gasteiger charge is 2.32. The molecular weight excluding hydrogens is 293 g/mol. The van der Waals surface area contributed by atoms with E-state index < -0.39 is 18.2 Å².